The molecule has 1 amide bonds. The molecule has 0 radical (unpaired) electrons. The third-order valence-electron chi connectivity index (χ3n) is 3.43. The Morgan fingerprint density at radius 1 is 0.846 bits per heavy atom. The number of carbonyl (C=O) groups excluding carboxylic acids is 1. The highest BCUT2D eigenvalue weighted by molar-refractivity contribution is 6.05. The highest BCUT2D eigenvalue weighted by Gasteiger charge is 2.13. The zero-order chi connectivity index (χ0) is 18.4. The van der Waals surface area contributed by atoms with Crippen molar-refractivity contribution in [3.63, 3.8) is 0 Å². The number of benzene rings is 3. The zero-order valence-corrected chi connectivity index (χ0v) is 13.6. The van der Waals surface area contributed by atoms with Crippen LogP contribution in [0, 0.1) is 0 Å². The van der Waals surface area contributed by atoms with Crippen molar-refractivity contribution >= 4 is 11.6 Å². The molecule has 4 nitrogen and oxygen atoms in total. The lowest BCUT2D eigenvalue weighted by molar-refractivity contribution is -0.0493. The van der Waals surface area contributed by atoms with E-state index in [2.05, 4.69) is 10.1 Å². The smallest absolute Gasteiger partial charge is 0.387 e. The van der Waals surface area contributed by atoms with Crippen LogP contribution in [0.25, 0.3) is 0 Å². The van der Waals surface area contributed by atoms with Crippen LogP contribution in [0.4, 0.5) is 14.5 Å². The van der Waals surface area contributed by atoms with E-state index in [0.717, 1.165) is 0 Å². The van der Waals surface area contributed by atoms with Gasteiger partial charge in [-0.25, -0.2) is 0 Å². The molecule has 1 N–H and O–H groups in total. The molecule has 0 aliphatic heterocycles. The molecule has 0 aromatic heterocycles. The van der Waals surface area contributed by atoms with Crippen LogP contribution in [0.15, 0.2) is 78.9 Å². The maximum Gasteiger partial charge on any atom is 0.387 e. The number of hydrogen-bond donors (Lipinski definition) is 1. The van der Waals surface area contributed by atoms with Gasteiger partial charge in [0.2, 0.25) is 0 Å². The first-order chi connectivity index (χ1) is 12.6. The fraction of sp³-hybridized carbons (Fsp3) is 0.0500. The highest BCUT2D eigenvalue weighted by atomic mass is 19.3. The summed E-state index contributed by atoms with van der Waals surface area (Å²) in [6.07, 6.45) is 0. The molecule has 26 heavy (non-hydrogen) atoms. The van der Waals surface area contributed by atoms with Gasteiger partial charge < -0.3 is 14.8 Å². The van der Waals surface area contributed by atoms with Crippen molar-refractivity contribution in [2.75, 3.05) is 5.32 Å². The van der Waals surface area contributed by atoms with Gasteiger partial charge in [0, 0.05) is 5.56 Å². The number of halogens is 2. The molecule has 0 heterocycles. The Hall–Kier alpha value is -3.41. The van der Waals surface area contributed by atoms with Crippen molar-refractivity contribution in [3.8, 4) is 17.2 Å². The van der Waals surface area contributed by atoms with Gasteiger partial charge in [-0.1, -0.05) is 36.4 Å². The number of hydrogen-bond acceptors (Lipinski definition) is 3. The highest BCUT2D eigenvalue weighted by Crippen LogP contribution is 2.27. The molecular weight excluding hydrogens is 340 g/mol. The minimum atomic E-state index is -2.98. The van der Waals surface area contributed by atoms with Crippen LogP contribution < -0.4 is 14.8 Å². The zero-order valence-electron chi connectivity index (χ0n) is 13.6. The summed E-state index contributed by atoms with van der Waals surface area (Å²) >= 11 is 0. The van der Waals surface area contributed by atoms with E-state index in [-0.39, 0.29) is 11.4 Å². The van der Waals surface area contributed by atoms with Crippen LogP contribution in [0.5, 0.6) is 17.2 Å². The van der Waals surface area contributed by atoms with E-state index in [0.29, 0.717) is 17.1 Å². The molecule has 3 aromatic carbocycles. The second-order valence-electron chi connectivity index (χ2n) is 5.27. The maximum atomic E-state index is 12.5. The van der Waals surface area contributed by atoms with Crippen molar-refractivity contribution in [2.24, 2.45) is 0 Å². The molecule has 0 bridgehead atoms. The Kier molecular flexibility index (Phi) is 5.43. The molecule has 6 heteroatoms. The summed E-state index contributed by atoms with van der Waals surface area (Å²) in [5.41, 5.74) is 0.484. The summed E-state index contributed by atoms with van der Waals surface area (Å²) < 4.78 is 35.0. The first kappa shape index (κ1) is 17.4. The van der Waals surface area contributed by atoms with Crippen LogP contribution in [0.1, 0.15) is 10.4 Å². The number of ether oxygens (including phenoxy) is 2. The Morgan fingerprint density at radius 2 is 1.54 bits per heavy atom. The minimum Gasteiger partial charge on any atom is -0.457 e. The van der Waals surface area contributed by atoms with Crippen LogP contribution in [0.2, 0.25) is 0 Å². The topological polar surface area (TPSA) is 47.6 Å². The summed E-state index contributed by atoms with van der Waals surface area (Å²) in [4.78, 5) is 12.4. The van der Waals surface area contributed by atoms with E-state index >= 15 is 0 Å². The number of nitrogens with one attached hydrogen (secondary N) is 1. The number of carbonyl (C=O) groups is 1. The van der Waals surface area contributed by atoms with Crippen molar-refractivity contribution in [1.82, 2.24) is 0 Å². The largest absolute Gasteiger partial charge is 0.457 e. The molecule has 0 saturated carbocycles. The van der Waals surface area contributed by atoms with Crippen molar-refractivity contribution < 1.29 is 23.0 Å². The van der Waals surface area contributed by atoms with Crippen LogP contribution in [0.3, 0.4) is 0 Å². The molecule has 0 aliphatic rings. The minimum absolute atomic E-state index is 0.104. The molecule has 0 fully saturated rings. The summed E-state index contributed by atoms with van der Waals surface area (Å²) in [7, 11) is 0. The van der Waals surface area contributed by atoms with Crippen molar-refractivity contribution in [3.05, 3.63) is 84.4 Å². The van der Waals surface area contributed by atoms with Gasteiger partial charge in [0.25, 0.3) is 5.91 Å². The quantitative estimate of drug-likeness (QED) is 0.650. The van der Waals surface area contributed by atoms with Crippen LogP contribution >= 0.6 is 0 Å². The fourth-order valence-electron chi connectivity index (χ4n) is 2.29. The van der Waals surface area contributed by atoms with Crippen LogP contribution in [-0.4, -0.2) is 12.5 Å². The molecule has 0 saturated heterocycles. The van der Waals surface area contributed by atoms with Gasteiger partial charge in [0.15, 0.2) is 0 Å². The molecular formula is C20H15F2NO3. The molecule has 0 unspecified atom stereocenters. The second-order valence-corrected chi connectivity index (χ2v) is 5.27. The molecule has 0 spiro atoms. The van der Waals surface area contributed by atoms with E-state index in [1.54, 1.807) is 48.5 Å². The van der Waals surface area contributed by atoms with Gasteiger partial charge in [0.1, 0.15) is 17.2 Å². The van der Waals surface area contributed by atoms with E-state index < -0.39 is 12.5 Å². The first-order valence-electron chi connectivity index (χ1n) is 7.80. The summed E-state index contributed by atoms with van der Waals surface area (Å²) in [6.45, 7) is -2.98. The summed E-state index contributed by atoms with van der Waals surface area (Å²) in [5.74, 6) is 0.558. The van der Waals surface area contributed by atoms with E-state index in [1.165, 1.54) is 12.1 Å². The third-order valence-corrected chi connectivity index (χ3v) is 3.43. The number of rotatable bonds is 6. The predicted molar refractivity (Wildman–Crippen MR) is 94.0 cm³/mol. The number of anilines is 1. The average Bonchev–Trinajstić information content (AvgIpc) is 2.64. The Morgan fingerprint density at radius 3 is 2.31 bits per heavy atom. The molecule has 0 atom stereocenters. The average molecular weight is 355 g/mol. The van der Waals surface area contributed by atoms with Crippen molar-refractivity contribution in [1.29, 1.82) is 0 Å². The van der Waals surface area contributed by atoms with Crippen molar-refractivity contribution in [2.45, 2.75) is 6.61 Å². The van der Waals surface area contributed by atoms with Crippen LogP contribution in [-0.2, 0) is 0 Å². The Bertz CT molecular complexity index is 885. The first-order valence-corrected chi connectivity index (χ1v) is 7.80. The fourth-order valence-corrected chi connectivity index (χ4v) is 2.29. The molecule has 3 aromatic rings. The number of alkyl halides is 2. The second kappa shape index (κ2) is 8.11. The lowest BCUT2D eigenvalue weighted by Gasteiger charge is -2.12. The third kappa shape index (κ3) is 4.57. The standard InChI is InChI=1S/C20H15F2NO3/c21-20(22)26-18-12-5-4-11-17(18)23-19(24)14-7-6-10-16(13-14)25-15-8-2-1-3-9-15/h1-13,20H,(H,23,24). The Balaban J connectivity index is 1.76. The summed E-state index contributed by atoms with van der Waals surface area (Å²) in [5, 5.41) is 2.57. The van der Waals surface area contributed by atoms with E-state index in [4.69, 9.17) is 4.74 Å². The van der Waals surface area contributed by atoms with E-state index in [1.807, 2.05) is 18.2 Å². The molecule has 0 aliphatic carbocycles. The normalized spacial score (nSPS) is 10.4. The Labute approximate surface area is 149 Å². The summed E-state index contributed by atoms with van der Waals surface area (Å²) in [6, 6.07) is 21.7. The van der Waals surface area contributed by atoms with Gasteiger partial charge >= 0.3 is 6.61 Å². The number of amides is 1. The van der Waals surface area contributed by atoms with Gasteiger partial charge in [-0.3, -0.25) is 4.79 Å². The van der Waals surface area contributed by atoms with Gasteiger partial charge in [-0.2, -0.15) is 8.78 Å². The van der Waals surface area contributed by atoms with Gasteiger partial charge in [0.05, 0.1) is 5.69 Å². The molecule has 132 valence electrons. The van der Waals surface area contributed by atoms with E-state index in [9.17, 15) is 13.6 Å². The number of para-hydroxylation sites is 3. The molecule has 3 rings (SSSR count). The lowest BCUT2D eigenvalue weighted by atomic mass is 10.2. The predicted octanol–water partition coefficient (Wildman–Crippen LogP) is 5.33. The van der Waals surface area contributed by atoms with Gasteiger partial charge in [-0.05, 0) is 42.5 Å². The lowest BCUT2D eigenvalue weighted by Crippen LogP contribution is -2.13. The monoisotopic (exact) mass is 355 g/mol. The maximum absolute atomic E-state index is 12.5. The SMILES string of the molecule is O=C(Nc1ccccc1OC(F)F)c1cccc(Oc2ccccc2)c1. The van der Waals surface area contributed by atoms with Gasteiger partial charge in [-0.15, -0.1) is 0 Å².